The van der Waals surface area contributed by atoms with Crippen LogP contribution < -0.4 is 0 Å². The molecular weight excluding hydrogens is 752 g/mol. The third-order valence-electron chi connectivity index (χ3n) is 5.26. The number of azo groups is 1. The third kappa shape index (κ3) is 10.3. The van der Waals surface area contributed by atoms with Crippen molar-refractivity contribution in [1.29, 1.82) is 0 Å². The first-order chi connectivity index (χ1) is 20.7. The van der Waals surface area contributed by atoms with E-state index in [-0.39, 0.29) is 28.7 Å². The van der Waals surface area contributed by atoms with Crippen LogP contribution in [0.5, 0.6) is 5.75 Å². The van der Waals surface area contributed by atoms with Gasteiger partial charge in [-0.05, 0) is 24.3 Å². The molecule has 0 bridgehead atoms. The van der Waals surface area contributed by atoms with E-state index < -0.39 is 102 Å². The molecule has 0 atom stereocenters. The average Bonchev–Trinajstić information content (AvgIpc) is 2.92. The van der Waals surface area contributed by atoms with Crippen LogP contribution in [0.15, 0.2) is 90.7 Å². The molecule has 3 rings (SSSR count). The van der Waals surface area contributed by atoms with Crippen molar-refractivity contribution >= 4 is 63.7 Å². The first-order valence-electron chi connectivity index (χ1n) is 11.4. The normalized spacial score (nSPS) is 12.9. The van der Waals surface area contributed by atoms with E-state index in [4.69, 9.17) is 0 Å². The summed E-state index contributed by atoms with van der Waals surface area (Å²) in [4.78, 5) is 8.29. The largest absolute Gasteiger partial charge is 0.744 e. The molecule has 0 heterocycles. The van der Waals surface area contributed by atoms with E-state index >= 15 is 0 Å². The maximum absolute atomic E-state index is 12.7. The van der Waals surface area contributed by atoms with Gasteiger partial charge in [0.15, 0.2) is 15.7 Å². The molecule has 3 aromatic carbocycles. The molecule has 0 amide bonds. The van der Waals surface area contributed by atoms with Gasteiger partial charge in [-0.15, -0.1) is 10.2 Å². The maximum atomic E-state index is 12.7. The number of rotatable bonds is 12. The van der Waals surface area contributed by atoms with E-state index in [0.29, 0.717) is 12.1 Å². The van der Waals surface area contributed by atoms with E-state index in [2.05, 4.69) is 24.9 Å². The van der Waals surface area contributed by atoms with E-state index in [0.717, 1.165) is 12.1 Å². The molecule has 0 aliphatic carbocycles. The molecule has 46 heavy (non-hydrogen) atoms. The van der Waals surface area contributed by atoms with E-state index in [1.807, 2.05) is 0 Å². The molecule has 24 heteroatoms. The van der Waals surface area contributed by atoms with Gasteiger partial charge in [-0.2, -0.15) is 0 Å². The van der Waals surface area contributed by atoms with Gasteiger partial charge in [0.2, 0.25) is 10.4 Å². The summed E-state index contributed by atoms with van der Waals surface area (Å²) in [7, 11) is -20.6. The molecule has 253 valence electrons. The summed E-state index contributed by atoms with van der Waals surface area (Å²) in [5.74, 6) is -4.69. The smallest absolute Gasteiger partial charge is 0.337 e. The second-order valence-corrected chi connectivity index (χ2v) is 14.2. The van der Waals surface area contributed by atoms with Crippen LogP contribution in [0.1, 0.15) is 15.9 Å². The van der Waals surface area contributed by atoms with Gasteiger partial charge in [-0.3, -0.25) is 4.18 Å². The molecule has 19 nitrogen and oxygen atoms in total. The van der Waals surface area contributed by atoms with Crippen LogP contribution in [-0.4, -0.2) is 81.7 Å². The topological polar surface area (TPSA) is 324 Å². The number of carbonyl (C=O) groups is 1. The van der Waals surface area contributed by atoms with Gasteiger partial charge in [0.05, 0.1) is 32.6 Å². The van der Waals surface area contributed by atoms with Crippen molar-refractivity contribution in [2.24, 2.45) is 15.3 Å². The van der Waals surface area contributed by atoms with Crippen LogP contribution in [0, 0.1) is 0 Å². The Labute approximate surface area is 271 Å². The van der Waals surface area contributed by atoms with Crippen LogP contribution in [0.2, 0.25) is 0 Å². The molecule has 0 unspecified atom stereocenters. The van der Waals surface area contributed by atoms with Crippen LogP contribution in [-0.2, 0) is 61.7 Å². The summed E-state index contributed by atoms with van der Waals surface area (Å²) in [5.41, 5.74) is 1.46. The number of carboxylic acid groups (broad SMARTS) is 1. The van der Waals surface area contributed by atoms with Crippen molar-refractivity contribution in [3.8, 4) is 5.75 Å². The Morgan fingerprint density at radius 1 is 0.848 bits per heavy atom. The summed E-state index contributed by atoms with van der Waals surface area (Å²) in [6.45, 7) is -1.19. The van der Waals surface area contributed by atoms with E-state index in [1.54, 1.807) is 6.07 Å². The van der Waals surface area contributed by atoms with Crippen molar-refractivity contribution < 1.29 is 83.6 Å². The molecule has 0 aromatic heterocycles. The average molecular weight is 768 g/mol. The van der Waals surface area contributed by atoms with Crippen LogP contribution >= 0.6 is 0 Å². The third-order valence-corrected chi connectivity index (χ3v) is 9.06. The van der Waals surface area contributed by atoms with E-state index in [9.17, 15) is 62.3 Å². The predicted octanol–water partition coefficient (Wildman–Crippen LogP) is 1.30. The SMILES string of the molecule is O=C(O)c1ccc(S(=O)(=O)[O-])cc1N=NC(=N[N-]c1cc(S(=O)(=O)CCOS(=O)(=O)[O-])cc(S(=O)(=O)[O-])c1O)c1ccccc1.[Cu]. The van der Waals surface area contributed by atoms with Crippen molar-refractivity contribution in [1.82, 2.24) is 0 Å². The molecule has 1 radical (unpaired) electrons. The van der Waals surface area contributed by atoms with Gasteiger partial charge in [0.1, 0.15) is 31.7 Å². The Hall–Kier alpha value is -3.84. The number of benzene rings is 3. The predicted molar refractivity (Wildman–Crippen MR) is 146 cm³/mol. The molecule has 0 spiro atoms. The summed E-state index contributed by atoms with van der Waals surface area (Å²) in [6.07, 6.45) is 0. The Morgan fingerprint density at radius 3 is 2.02 bits per heavy atom. The van der Waals surface area contributed by atoms with Crippen LogP contribution in [0.25, 0.3) is 5.43 Å². The number of phenolic OH excluding ortho intramolecular Hbond substituents is 1. The van der Waals surface area contributed by atoms with Gasteiger partial charge in [-0.25, -0.2) is 38.5 Å². The Kier molecular flexibility index (Phi) is 12.3. The fourth-order valence-electron chi connectivity index (χ4n) is 3.23. The first kappa shape index (κ1) is 38.3. The molecule has 3 aromatic rings. The van der Waals surface area contributed by atoms with Crippen molar-refractivity contribution in [2.75, 3.05) is 12.4 Å². The number of sulfone groups is 1. The zero-order valence-corrected chi connectivity index (χ0v) is 26.3. The molecule has 2 N–H and O–H groups in total. The quantitative estimate of drug-likeness (QED) is 0.0499. The Balaban J connectivity index is 0.00000736. The van der Waals surface area contributed by atoms with Gasteiger partial charge in [0, 0.05) is 22.6 Å². The Morgan fingerprint density at radius 2 is 1.48 bits per heavy atom. The fraction of sp³-hybridized carbons (Fsp3) is 0.0909. The summed E-state index contributed by atoms with van der Waals surface area (Å²) >= 11 is 0. The monoisotopic (exact) mass is 767 g/mol. The molecule has 0 saturated heterocycles. The second-order valence-electron chi connectivity index (χ2n) is 8.32. The van der Waals surface area contributed by atoms with Gasteiger partial charge in [0.25, 0.3) is 0 Å². The zero-order valence-electron chi connectivity index (χ0n) is 22.1. The molecule has 0 fully saturated rings. The zero-order chi connectivity index (χ0) is 33.8. The standard InChI is InChI=1S/C22H20N4O15S4.Cu/c27-20-18(11-15(12-19(20)44(35,36)37)42(30,31)9-8-41-45(38,39)40)24-26-21(13-4-2-1-3-5-13)25-23-17-10-14(43(32,33)34)6-7-16(17)22(28)29;/h1-7,10-12H,8-9H2,(H6,23,24,25,26,27,28,29,32,33,34,35,36,37,38,39,40);/p-4. The number of aromatic carboxylic acids is 1. The fourth-order valence-corrected chi connectivity index (χ4v) is 5.93. The minimum absolute atomic E-state index is 0. The summed E-state index contributed by atoms with van der Waals surface area (Å²) < 4.78 is 131. The maximum Gasteiger partial charge on any atom is 0.337 e. The van der Waals surface area contributed by atoms with Crippen LogP contribution in [0.3, 0.4) is 0 Å². The summed E-state index contributed by atoms with van der Waals surface area (Å²) in [6, 6.07) is 10.1. The van der Waals surface area contributed by atoms with Gasteiger partial charge in [-0.1, -0.05) is 42.1 Å². The first-order valence-corrected chi connectivity index (χ1v) is 17.2. The van der Waals surface area contributed by atoms with Crippen molar-refractivity contribution in [3.63, 3.8) is 0 Å². The number of nitrogens with zero attached hydrogens (tertiary/aromatic N) is 4. The number of phenols is 1. The minimum Gasteiger partial charge on any atom is -0.744 e. The Bertz CT molecular complexity index is 2140. The number of hydrogen-bond donors (Lipinski definition) is 2. The molecular formula is C22H16CuN4O15S4-4. The number of hydrogen-bond acceptors (Lipinski definition) is 16. The molecule has 0 aliphatic rings. The molecule has 0 aliphatic heterocycles. The van der Waals surface area contributed by atoms with Gasteiger partial charge >= 0.3 is 5.97 Å². The minimum atomic E-state index is -5.57. The van der Waals surface area contributed by atoms with E-state index in [1.165, 1.54) is 24.3 Å². The summed E-state index contributed by atoms with van der Waals surface area (Å²) in [5, 5.41) is 30.9. The number of carboxylic acids is 1. The van der Waals surface area contributed by atoms with Crippen LogP contribution in [0.4, 0.5) is 11.4 Å². The van der Waals surface area contributed by atoms with Crippen molar-refractivity contribution in [2.45, 2.75) is 14.7 Å². The second kappa shape index (κ2) is 14.7. The molecule has 0 saturated carbocycles. The number of amidine groups is 1. The number of aromatic hydroxyl groups is 1. The van der Waals surface area contributed by atoms with Gasteiger partial charge < -0.3 is 34.4 Å². The van der Waals surface area contributed by atoms with Crippen molar-refractivity contribution in [3.05, 3.63) is 77.2 Å².